The lowest BCUT2D eigenvalue weighted by Crippen LogP contribution is -2.52. The molecule has 0 aliphatic heterocycles. The Hall–Kier alpha value is -2.42. The highest BCUT2D eigenvalue weighted by Crippen LogP contribution is 2.15. The molecule has 138 valence electrons. The molecule has 0 bridgehead atoms. The average molecular weight is 396 g/mol. The molecule has 1 unspecified atom stereocenters. The Morgan fingerprint density at radius 3 is 2.19 bits per heavy atom. The number of hydrazine groups is 1. The van der Waals surface area contributed by atoms with Crippen molar-refractivity contribution in [3.05, 3.63) is 65.2 Å². The highest BCUT2D eigenvalue weighted by Gasteiger charge is 2.26. The Bertz CT molecular complexity index is 871. The van der Waals surface area contributed by atoms with Crippen molar-refractivity contribution in [2.45, 2.75) is 24.3 Å². The van der Waals surface area contributed by atoms with E-state index >= 15 is 0 Å². The number of carbonyl (C=O) groups excluding carboxylic acids is 2. The van der Waals surface area contributed by atoms with Gasteiger partial charge in [-0.25, -0.2) is 8.42 Å². The normalized spacial score (nSPS) is 12.2. The Kier molecular flexibility index (Phi) is 6.73. The maximum Gasteiger partial charge on any atom is 0.256 e. The molecule has 2 amide bonds. The molecule has 0 saturated carbocycles. The van der Waals surface area contributed by atoms with E-state index in [2.05, 4.69) is 15.6 Å². The number of benzene rings is 2. The van der Waals surface area contributed by atoms with Crippen LogP contribution in [-0.4, -0.2) is 26.3 Å². The van der Waals surface area contributed by atoms with E-state index in [1.165, 1.54) is 31.2 Å². The molecule has 1 atom stereocenters. The molecule has 2 aromatic carbocycles. The van der Waals surface area contributed by atoms with Gasteiger partial charge in [-0.15, -0.1) is 0 Å². The summed E-state index contributed by atoms with van der Waals surface area (Å²) in [5.41, 5.74) is 5.11. The van der Waals surface area contributed by atoms with Crippen LogP contribution < -0.4 is 15.6 Å². The first kappa shape index (κ1) is 19.9. The van der Waals surface area contributed by atoms with Crippen LogP contribution in [0.4, 0.5) is 0 Å². The molecule has 0 heterocycles. The van der Waals surface area contributed by atoms with E-state index in [0.717, 1.165) is 5.56 Å². The number of amides is 2. The van der Waals surface area contributed by atoms with Crippen molar-refractivity contribution in [1.29, 1.82) is 0 Å². The van der Waals surface area contributed by atoms with Crippen LogP contribution in [0.5, 0.6) is 0 Å². The molecule has 2 aromatic rings. The SMILES string of the molecule is CC(=O)NNC(=O)C(Cc1ccccc1)NS(=O)(=O)c1ccc(Cl)cc1. The van der Waals surface area contributed by atoms with E-state index in [9.17, 15) is 18.0 Å². The van der Waals surface area contributed by atoms with Crippen molar-refractivity contribution in [1.82, 2.24) is 15.6 Å². The Morgan fingerprint density at radius 2 is 1.62 bits per heavy atom. The number of carbonyl (C=O) groups is 2. The van der Waals surface area contributed by atoms with E-state index < -0.39 is 27.9 Å². The molecule has 0 saturated heterocycles. The smallest absolute Gasteiger partial charge is 0.256 e. The summed E-state index contributed by atoms with van der Waals surface area (Å²) in [7, 11) is -3.96. The molecule has 0 spiro atoms. The standard InChI is InChI=1S/C17H18ClN3O4S/c1-12(22)19-20-17(23)16(11-13-5-3-2-4-6-13)21-26(24,25)15-9-7-14(18)8-10-15/h2-10,16,21H,11H2,1H3,(H,19,22)(H,20,23). The van der Waals surface area contributed by atoms with Crippen LogP contribution in [0, 0.1) is 0 Å². The van der Waals surface area contributed by atoms with Gasteiger partial charge in [0.05, 0.1) is 4.90 Å². The minimum atomic E-state index is -3.96. The fraction of sp³-hybridized carbons (Fsp3) is 0.176. The minimum absolute atomic E-state index is 0.0210. The summed E-state index contributed by atoms with van der Waals surface area (Å²) in [5, 5.41) is 0.396. The fourth-order valence-electron chi connectivity index (χ4n) is 2.14. The Labute approximate surface area is 156 Å². The summed E-state index contributed by atoms with van der Waals surface area (Å²) in [4.78, 5) is 23.3. The van der Waals surface area contributed by atoms with Gasteiger partial charge in [-0.3, -0.25) is 20.4 Å². The number of hydrogen-bond donors (Lipinski definition) is 3. The molecule has 0 aliphatic rings. The van der Waals surface area contributed by atoms with Crippen molar-refractivity contribution < 1.29 is 18.0 Å². The molecule has 3 N–H and O–H groups in total. The zero-order valence-electron chi connectivity index (χ0n) is 13.9. The van der Waals surface area contributed by atoms with Gasteiger partial charge in [-0.2, -0.15) is 4.72 Å². The third-order valence-corrected chi connectivity index (χ3v) is 5.12. The summed E-state index contributed by atoms with van der Waals surface area (Å²) >= 11 is 5.78. The molecule has 0 fully saturated rings. The molecule has 26 heavy (non-hydrogen) atoms. The summed E-state index contributed by atoms with van der Waals surface area (Å²) in [5.74, 6) is -1.15. The highest BCUT2D eigenvalue weighted by atomic mass is 35.5. The lowest BCUT2D eigenvalue weighted by atomic mass is 10.1. The van der Waals surface area contributed by atoms with Crippen LogP contribution in [-0.2, 0) is 26.0 Å². The van der Waals surface area contributed by atoms with E-state index in [4.69, 9.17) is 11.6 Å². The van der Waals surface area contributed by atoms with Gasteiger partial charge in [-0.05, 0) is 36.2 Å². The van der Waals surface area contributed by atoms with E-state index in [1.54, 1.807) is 24.3 Å². The number of halogens is 1. The number of hydrogen-bond acceptors (Lipinski definition) is 4. The molecular weight excluding hydrogens is 378 g/mol. The van der Waals surface area contributed by atoms with Gasteiger partial charge in [0.15, 0.2) is 0 Å². The zero-order valence-corrected chi connectivity index (χ0v) is 15.5. The number of sulfonamides is 1. The molecule has 0 radical (unpaired) electrons. The third-order valence-electron chi connectivity index (χ3n) is 3.38. The number of rotatable bonds is 6. The first-order valence-corrected chi connectivity index (χ1v) is 9.52. The summed E-state index contributed by atoms with van der Waals surface area (Å²) < 4.78 is 27.5. The first-order valence-electron chi connectivity index (χ1n) is 7.66. The average Bonchev–Trinajstić information content (AvgIpc) is 2.60. The van der Waals surface area contributed by atoms with Gasteiger partial charge in [-0.1, -0.05) is 41.9 Å². The fourth-order valence-corrected chi connectivity index (χ4v) is 3.46. The topological polar surface area (TPSA) is 104 Å². The van der Waals surface area contributed by atoms with Crippen molar-refractivity contribution in [2.75, 3.05) is 0 Å². The molecular formula is C17H18ClN3O4S. The predicted octanol–water partition coefficient (Wildman–Crippen LogP) is 1.40. The minimum Gasteiger partial charge on any atom is -0.274 e. The van der Waals surface area contributed by atoms with Gasteiger partial charge < -0.3 is 0 Å². The van der Waals surface area contributed by atoms with Gasteiger partial charge in [0.1, 0.15) is 6.04 Å². The van der Waals surface area contributed by atoms with Gasteiger partial charge in [0.2, 0.25) is 15.9 Å². The number of nitrogens with one attached hydrogen (secondary N) is 3. The van der Waals surface area contributed by atoms with Crippen LogP contribution in [0.3, 0.4) is 0 Å². The monoisotopic (exact) mass is 395 g/mol. The second-order valence-corrected chi connectivity index (χ2v) is 7.64. The second kappa shape index (κ2) is 8.79. The quantitative estimate of drug-likeness (QED) is 0.643. The molecule has 0 aliphatic carbocycles. The van der Waals surface area contributed by atoms with Gasteiger partial charge >= 0.3 is 0 Å². The largest absolute Gasteiger partial charge is 0.274 e. The van der Waals surface area contributed by atoms with Crippen molar-refractivity contribution in [2.24, 2.45) is 0 Å². The van der Waals surface area contributed by atoms with Gasteiger partial charge in [0.25, 0.3) is 5.91 Å². The van der Waals surface area contributed by atoms with E-state index in [1.807, 2.05) is 6.07 Å². The molecule has 2 rings (SSSR count). The maximum atomic E-state index is 12.6. The van der Waals surface area contributed by atoms with Gasteiger partial charge in [0, 0.05) is 11.9 Å². The lowest BCUT2D eigenvalue weighted by Gasteiger charge is -2.19. The zero-order chi connectivity index (χ0) is 19.2. The first-order chi connectivity index (χ1) is 12.3. The van der Waals surface area contributed by atoms with E-state index in [0.29, 0.717) is 5.02 Å². The molecule has 7 nitrogen and oxygen atoms in total. The van der Waals surface area contributed by atoms with Crippen LogP contribution in [0.15, 0.2) is 59.5 Å². The van der Waals surface area contributed by atoms with Crippen molar-refractivity contribution >= 4 is 33.4 Å². The highest BCUT2D eigenvalue weighted by molar-refractivity contribution is 7.89. The summed E-state index contributed by atoms with van der Waals surface area (Å²) in [6.07, 6.45) is 0.110. The lowest BCUT2D eigenvalue weighted by molar-refractivity contribution is -0.128. The maximum absolute atomic E-state index is 12.6. The van der Waals surface area contributed by atoms with Crippen molar-refractivity contribution in [3.8, 4) is 0 Å². The van der Waals surface area contributed by atoms with Crippen LogP contribution >= 0.6 is 11.6 Å². The second-order valence-electron chi connectivity index (χ2n) is 5.49. The van der Waals surface area contributed by atoms with Crippen LogP contribution in [0.2, 0.25) is 5.02 Å². The van der Waals surface area contributed by atoms with Crippen molar-refractivity contribution in [3.63, 3.8) is 0 Å². The third kappa shape index (κ3) is 5.83. The Morgan fingerprint density at radius 1 is 1.00 bits per heavy atom. The van der Waals surface area contributed by atoms with Crippen LogP contribution in [0.1, 0.15) is 12.5 Å². The Balaban J connectivity index is 2.23. The van der Waals surface area contributed by atoms with Crippen LogP contribution in [0.25, 0.3) is 0 Å². The molecule has 9 heteroatoms. The summed E-state index contributed by atoms with van der Waals surface area (Å²) in [6, 6.07) is 13.4. The van der Waals surface area contributed by atoms with E-state index in [-0.39, 0.29) is 11.3 Å². The molecule has 0 aromatic heterocycles. The summed E-state index contributed by atoms with van der Waals surface area (Å²) in [6.45, 7) is 1.23. The predicted molar refractivity (Wildman–Crippen MR) is 97.7 cm³/mol.